The molecule has 1 nitrogen and oxygen atoms in total. The number of nitrogens with zero attached hydrogens (tertiary/aromatic N) is 1. The lowest BCUT2D eigenvalue weighted by Gasteiger charge is -2.34. The van der Waals surface area contributed by atoms with E-state index in [9.17, 15) is 0 Å². The zero-order valence-corrected chi connectivity index (χ0v) is 11.2. The van der Waals surface area contributed by atoms with E-state index >= 15 is 0 Å². The van der Waals surface area contributed by atoms with Gasteiger partial charge in [0.25, 0.3) is 0 Å². The van der Waals surface area contributed by atoms with Gasteiger partial charge in [0.05, 0.1) is 0 Å². The van der Waals surface area contributed by atoms with Gasteiger partial charge in [-0.15, -0.1) is 0 Å². The molecule has 0 bridgehead atoms. The fraction of sp³-hybridized carbons (Fsp3) is 1.00. The molecule has 2 heteroatoms. The lowest BCUT2D eigenvalue weighted by Crippen LogP contribution is -2.41. The average molecular weight is 197 g/mol. The monoisotopic (exact) mass is 197 g/mol. The molecule has 0 aliphatic rings. The molecule has 0 aromatic rings. The third-order valence-electron chi connectivity index (χ3n) is 3.03. The van der Waals surface area contributed by atoms with Crippen LogP contribution in [-0.4, -0.2) is 25.8 Å². The van der Waals surface area contributed by atoms with Gasteiger partial charge >= 0.3 is 0 Å². The van der Waals surface area contributed by atoms with Crippen LogP contribution in [0.3, 0.4) is 0 Å². The maximum absolute atomic E-state index is 2.38. The number of hydrogen-bond donors (Lipinski definition) is 0. The minimum Gasteiger partial charge on any atom is -0.347 e. The van der Waals surface area contributed by atoms with Crippen LogP contribution in [0.25, 0.3) is 0 Å². The first kappa shape index (κ1) is 14.0. The van der Waals surface area contributed by atoms with E-state index in [4.69, 9.17) is 0 Å². The van der Waals surface area contributed by atoms with Crippen LogP contribution in [0.15, 0.2) is 0 Å². The summed E-state index contributed by atoms with van der Waals surface area (Å²) in [4.78, 5) is 2.38. The summed E-state index contributed by atoms with van der Waals surface area (Å²) in [6, 6.07) is 0. The van der Waals surface area contributed by atoms with Crippen molar-refractivity contribution in [3.8, 4) is 0 Å². The number of rotatable bonds is 5. The zero-order valence-electron chi connectivity index (χ0n) is 11.2. The van der Waals surface area contributed by atoms with Gasteiger partial charge in [0.1, 0.15) is 0 Å². The molecule has 0 radical (unpaired) electrons. The van der Waals surface area contributed by atoms with Crippen LogP contribution in [-0.2, 0) is 0 Å². The van der Waals surface area contributed by atoms with Crippen molar-refractivity contribution in [2.75, 3.05) is 14.1 Å². The average Bonchev–Trinajstić information content (AvgIpc) is 1.98. The molecule has 0 aromatic heterocycles. The van der Waals surface area contributed by atoms with Crippen LogP contribution in [0, 0.1) is 5.92 Å². The quantitative estimate of drug-likeness (QED) is 0.606. The van der Waals surface area contributed by atoms with Crippen molar-refractivity contribution >= 4 is 6.85 Å². The molecule has 14 heavy (non-hydrogen) atoms. The summed E-state index contributed by atoms with van der Waals surface area (Å²) < 4.78 is 0. The summed E-state index contributed by atoms with van der Waals surface area (Å²) >= 11 is 0. The molecule has 0 rings (SSSR count). The van der Waals surface area contributed by atoms with Crippen molar-refractivity contribution < 1.29 is 0 Å². The predicted molar refractivity (Wildman–Crippen MR) is 68.0 cm³/mol. The van der Waals surface area contributed by atoms with E-state index in [2.05, 4.69) is 53.5 Å². The second-order valence-corrected chi connectivity index (χ2v) is 5.97. The summed E-state index contributed by atoms with van der Waals surface area (Å²) in [5.74, 6) is 0.853. The smallest absolute Gasteiger partial charge is 0.228 e. The number of hydrogen-bond acceptors (Lipinski definition) is 1. The summed E-state index contributed by atoms with van der Waals surface area (Å²) in [5.41, 5.74) is 0. The second-order valence-electron chi connectivity index (χ2n) is 5.97. The van der Waals surface area contributed by atoms with Gasteiger partial charge in [-0.05, 0) is 25.3 Å². The molecule has 0 N–H and O–H groups in total. The Kier molecular flexibility index (Phi) is 5.81. The molecule has 1 atom stereocenters. The van der Waals surface area contributed by atoms with Gasteiger partial charge in [-0.1, -0.05) is 53.8 Å². The van der Waals surface area contributed by atoms with Crippen LogP contribution in [0.1, 0.15) is 47.5 Å². The van der Waals surface area contributed by atoms with Crippen molar-refractivity contribution in [3.63, 3.8) is 0 Å². The second kappa shape index (κ2) is 5.80. The zero-order chi connectivity index (χ0) is 11.4. The maximum Gasteiger partial charge on any atom is 0.228 e. The summed E-state index contributed by atoms with van der Waals surface area (Å²) in [6.45, 7) is 12.4. The van der Waals surface area contributed by atoms with Gasteiger partial charge in [0.15, 0.2) is 0 Å². The molecule has 0 aromatic carbocycles. The van der Waals surface area contributed by atoms with E-state index in [-0.39, 0.29) is 0 Å². The molecule has 0 saturated heterocycles. The molecular formula is C12H28BN. The minimum atomic E-state index is 0.394. The highest BCUT2D eigenvalue weighted by molar-refractivity contribution is 6.59. The van der Waals surface area contributed by atoms with Crippen LogP contribution in [0.4, 0.5) is 0 Å². The Morgan fingerprint density at radius 3 is 2.00 bits per heavy atom. The molecule has 0 saturated carbocycles. The van der Waals surface area contributed by atoms with Crippen molar-refractivity contribution in [1.82, 2.24) is 4.81 Å². The lowest BCUT2D eigenvalue weighted by molar-refractivity contribution is 0.511. The highest BCUT2D eigenvalue weighted by Gasteiger charge is 2.32. The first-order chi connectivity index (χ1) is 6.29. The van der Waals surface area contributed by atoms with Gasteiger partial charge in [0, 0.05) is 0 Å². The van der Waals surface area contributed by atoms with Crippen LogP contribution >= 0.6 is 0 Å². The van der Waals surface area contributed by atoms with E-state index in [0.29, 0.717) is 12.2 Å². The fourth-order valence-electron chi connectivity index (χ4n) is 2.33. The topological polar surface area (TPSA) is 3.24 Å². The largest absolute Gasteiger partial charge is 0.347 e. The van der Waals surface area contributed by atoms with E-state index in [1.54, 1.807) is 0 Å². The summed E-state index contributed by atoms with van der Waals surface area (Å²) in [6.07, 6.45) is 4.00. The van der Waals surface area contributed by atoms with Gasteiger partial charge in [-0.25, -0.2) is 0 Å². The Balaban J connectivity index is 4.24. The molecule has 0 spiro atoms. The van der Waals surface area contributed by atoms with Gasteiger partial charge in [-0.2, -0.15) is 0 Å². The standard InChI is InChI=1S/C12H28BN/c1-8-9-11(2)10-13(14(6)7)12(3,4)5/h11H,8-10H2,1-7H3. The van der Waals surface area contributed by atoms with E-state index in [1.165, 1.54) is 19.2 Å². The molecule has 1 unspecified atom stereocenters. The molecule has 0 aliphatic carbocycles. The summed E-state index contributed by atoms with van der Waals surface area (Å²) in [5, 5.41) is 0.394. The van der Waals surface area contributed by atoms with Gasteiger partial charge in [-0.3, -0.25) is 0 Å². The molecule has 84 valence electrons. The fourth-order valence-corrected chi connectivity index (χ4v) is 2.33. The first-order valence-electron chi connectivity index (χ1n) is 5.95. The van der Waals surface area contributed by atoms with Gasteiger partial charge < -0.3 is 4.81 Å². The molecular weight excluding hydrogens is 169 g/mol. The Morgan fingerprint density at radius 1 is 1.21 bits per heavy atom. The maximum atomic E-state index is 2.38. The lowest BCUT2D eigenvalue weighted by atomic mass is 9.39. The SMILES string of the molecule is CCCC(C)CB(N(C)C)C(C)(C)C. The van der Waals surface area contributed by atoms with Crippen molar-refractivity contribution in [3.05, 3.63) is 0 Å². The highest BCUT2D eigenvalue weighted by atomic mass is 15.0. The Morgan fingerprint density at radius 2 is 1.71 bits per heavy atom. The third-order valence-corrected chi connectivity index (χ3v) is 3.03. The Bertz CT molecular complexity index is 149. The predicted octanol–water partition coefficient (Wildman–Crippen LogP) is 3.78. The van der Waals surface area contributed by atoms with Crippen molar-refractivity contribution in [2.45, 2.75) is 59.1 Å². The van der Waals surface area contributed by atoms with Crippen LogP contribution < -0.4 is 0 Å². The molecule has 0 fully saturated rings. The molecule has 0 heterocycles. The highest BCUT2D eigenvalue weighted by Crippen LogP contribution is 2.33. The van der Waals surface area contributed by atoms with E-state index in [1.807, 2.05) is 0 Å². The molecule has 0 aliphatic heterocycles. The van der Waals surface area contributed by atoms with Crippen molar-refractivity contribution in [2.24, 2.45) is 5.92 Å². The van der Waals surface area contributed by atoms with E-state index < -0.39 is 0 Å². The van der Waals surface area contributed by atoms with Gasteiger partial charge in [0.2, 0.25) is 6.85 Å². The van der Waals surface area contributed by atoms with E-state index in [0.717, 1.165) is 5.92 Å². The minimum absolute atomic E-state index is 0.394. The Hall–Kier alpha value is 0.0249. The van der Waals surface area contributed by atoms with Crippen molar-refractivity contribution in [1.29, 1.82) is 0 Å². The summed E-state index contributed by atoms with van der Waals surface area (Å²) in [7, 11) is 4.41. The third kappa shape index (κ3) is 5.04. The normalized spacial score (nSPS) is 14.6. The van der Waals surface area contributed by atoms with Crippen LogP contribution in [0.2, 0.25) is 11.6 Å². The first-order valence-corrected chi connectivity index (χ1v) is 5.95. The Labute approximate surface area is 91.4 Å². The van der Waals surface area contributed by atoms with Crippen LogP contribution in [0.5, 0.6) is 0 Å². The molecule has 0 amide bonds.